The molecule has 2 nitrogen and oxygen atoms in total. The van der Waals surface area contributed by atoms with Crippen molar-refractivity contribution < 1.29 is 9.53 Å². The van der Waals surface area contributed by atoms with Gasteiger partial charge in [0.15, 0.2) is 0 Å². The van der Waals surface area contributed by atoms with Crippen LogP contribution in [0.3, 0.4) is 0 Å². The van der Waals surface area contributed by atoms with Crippen molar-refractivity contribution in [2.45, 2.75) is 47.0 Å². The zero-order chi connectivity index (χ0) is 11.4. The van der Waals surface area contributed by atoms with Gasteiger partial charge in [-0.2, -0.15) is 0 Å². The van der Waals surface area contributed by atoms with Crippen LogP contribution in [-0.2, 0) is 9.53 Å². The van der Waals surface area contributed by atoms with Crippen molar-refractivity contribution in [1.82, 2.24) is 0 Å². The summed E-state index contributed by atoms with van der Waals surface area (Å²) >= 11 is 0. The molecule has 0 aromatic carbocycles. The van der Waals surface area contributed by atoms with E-state index in [9.17, 15) is 4.79 Å². The van der Waals surface area contributed by atoms with Crippen LogP contribution < -0.4 is 0 Å². The summed E-state index contributed by atoms with van der Waals surface area (Å²) < 4.78 is 5.15. The van der Waals surface area contributed by atoms with E-state index in [1.807, 2.05) is 6.92 Å². The Kier molecular flexibility index (Phi) is 4.37. The Morgan fingerprint density at radius 1 is 1.47 bits per heavy atom. The van der Waals surface area contributed by atoms with Crippen molar-refractivity contribution in [3.8, 4) is 0 Å². The summed E-state index contributed by atoms with van der Waals surface area (Å²) in [5.74, 6) is 0.454. The van der Waals surface area contributed by atoms with Crippen LogP contribution in [0.2, 0.25) is 0 Å². The third-order valence-electron chi connectivity index (χ3n) is 3.43. The fourth-order valence-electron chi connectivity index (χ4n) is 2.36. The number of carbonyl (C=O) groups is 1. The lowest BCUT2D eigenvalue weighted by atomic mass is 9.91. The van der Waals surface area contributed by atoms with Gasteiger partial charge in [-0.3, -0.25) is 4.79 Å². The molecule has 0 amide bonds. The lowest BCUT2D eigenvalue weighted by molar-refractivity contribution is -0.147. The topological polar surface area (TPSA) is 26.3 Å². The highest BCUT2D eigenvalue weighted by Gasteiger charge is 2.35. The van der Waals surface area contributed by atoms with Crippen molar-refractivity contribution in [2.75, 3.05) is 6.61 Å². The van der Waals surface area contributed by atoms with Crippen LogP contribution in [0.5, 0.6) is 0 Å². The number of carbonyl (C=O) groups excluding carboxylic acids is 1. The van der Waals surface area contributed by atoms with Crippen LogP contribution in [0.15, 0.2) is 11.1 Å². The highest BCUT2D eigenvalue weighted by Crippen LogP contribution is 2.39. The number of rotatable bonds is 3. The zero-order valence-corrected chi connectivity index (χ0v) is 10.3. The maximum Gasteiger partial charge on any atom is 0.313 e. The number of allylic oxidation sites excluding steroid dienone is 1. The molecule has 1 aliphatic rings. The fraction of sp³-hybridized carbons (Fsp3) is 0.769. The molecule has 86 valence electrons. The summed E-state index contributed by atoms with van der Waals surface area (Å²) in [7, 11) is 0. The lowest BCUT2D eigenvalue weighted by Gasteiger charge is -2.17. The van der Waals surface area contributed by atoms with Crippen molar-refractivity contribution in [1.29, 1.82) is 0 Å². The molecule has 0 spiro atoms. The van der Waals surface area contributed by atoms with Crippen LogP contribution in [0, 0.1) is 11.8 Å². The molecule has 1 unspecified atom stereocenters. The first kappa shape index (κ1) is 12.3. The quantitative estimate of drug-likeness (QED) is 0.527. The summed E-state index contributed by atoms with van der Waals surface area (Å²) in [4.78, 5) is 11.8. The van der Waals surface area contributed by atoms with Gasteiger partial charge in [-0.05, 0) is 39.0 Å². The Balaban J connectivity index is 2.86. The summed E-state index contributed by atoms with van der Waals surface area (Å²) in [6.07, 6.45) is 3.23. The molecule has 1 saturated carbocycles. The van der Waals surface area contributed by atoms with E-state index in [1.54, 1.807) is 0 Å². The molecule has 0 bridgehead atoms. The van der Waals surface area contributed by atoms with Gasteiger partial charge in [0.25, 0.3) is 0 Å². The molecule has 15 heavy (non-hydrogen) atoms. The van der Waals surface area contributed by atoms with E-state index in [1.165, 1.54) is 11.1 Å². The molecule has 1 aliphatic carbocycles. The molecule has 1 fully saturated rings. The smallest absolute Gasteiger partial charge is 0.313 e. The minimum atomic E-state index is -0.0229. The Labute approximate surface area is 92.7 Å². The Morgan fingerprint density at radius 2 is 2.13 bits per heavy atom. The first-order valence-corrected chi connectivity index (χ1v) is 5.96. The largest absolute Gasteiger partial charge is 0.466 e. The molecule has 0 aromatic rings. The second kappa shape index (κ2) is 5.34. The van der Waals surface area contributed by atoms with Crippen molar-refractivity contribution in [3.63, 3.8) is 0 Å². The van der Waals surface area contributed by atoms with Gasteiger partial charge >= 0.3 is 5.97 Å². The van der Waals surface area contributed by atoms with Crippen molar-refractivity contribution in [2.24, 2.45) is 11.8 Å². The molecule has 0 saturated heterocycles. The van der Waals surface area contributed by atoms with Crippen LogP contribution in [0.4, 0.5) is 0 Å². The van der Waals surface area contributed by atoms with Gasteiger partial charge in [-0.15, -0.1) is 0 Å². The van der Waals surface area contributed by atoms with E-state index in [-0.39, 0.29) is 11.9 Å². The van der Waals surface area contributed by atoms with E-state index in [0.29, 0.717) is 12.5 Å². The van der Waals surface area contributed by atoms with E-state index in [0.717, 1.165) is 19.3 Å². The monoisotopic (exact) mass is 210 g/mol. The van der Waals surface area contributed by atoms with Crippen molar-refractivity contribution >= 4 is 5.97 Å². The zero-order valence-electron chi connectivity index (χ0n) is 10.3. The SMILES string of the molecule is CCOC(=O)C1/C(=C(\C)CC)CC[C@H]1C. The minimum absolute atomic E-state index is 0.0229. The normalized spacial score (nSPS) is 29.1. The third-order valence-corrected chi connectivity index (χ3v) is 3.43. The van der Waals surface area contributed by atoms with Gasteiger partial charge in [-0.25, -0.2) is 0 Å². The maximum atomic E-state index is 11.8. The Hall–Kier alpha value is -0.790. The fourth-order valence-corrected chi connectivity index (χ4v) is 2.36. The van der Waals surface area contributed by atoms with Gasteiger partial charge in [0.2, 0.25) is 0 Å². The molecule has 1 rings (SSSR count). The summed E-state index contributed by atoms with van der Waals surface area (Å²) in [5, 5.41) is 0. The first-order valence-electron chi connectivity index (χ1n) is 5.96. The molecule has 0 heterocycles. The molecule has 0 N–H and O–H groups in total. The average molecular weight is 210 g/mol. The average Bonchev–Trinajstić information content (AvgIpc) is 2.59. The summed E-state index contributed by atoms with van der Waals surface area (Å²) in [5.41, 5.74) is 2.71. The number of esters is 1. The number of hydrogen-bond acceptors (Lipinski definition) is 2. The number of ether oxygens (including phenoxy) is 1. The number of hydrogen-bond donors (Lipinski definition) is 0. The maximum absolute atomic E-state index is 11.8. The van der Waals surface area contributed by atoms with Crippen LogP contribution in [0.1, 0.15) is 47.0 Å². The third kappa shape index (κ3) is 2.61. The molecular weight excluding hydrogens is 188 g/mol. The van der Waals surface area contributed by atoms with Gasteiger partial charge in [0.05, 0.1) is 12.5 Å². The second-order valence-electron chi connectivity index (χ2n) is 4.40. The molecule has 0 aliphatic heterocycles. The first-order chi connectivity index (χ1) is 7.11. The summed E-state index contributed by atoms with van der Waals surface area (Å²) in [6, 6.07) is 0. The molecular formula is C13H22O2. The van der Waals surface area contributed by atoms with Gasteiger partial charge in [0, 0.05) is 0 Å². The van der Waals surface area contributed by atoms with E-state index in [2.05, 4.69) is 20.8 Å². The van der Waals surface area contributed by atoms with Crippen LogP contribution >= 0.6 is 0 Å². The van der Waals surface area contributed by atoms with Gasteiger partial charge < -0.3 is 4.74 Å². The van der Waals surface area contributed by atoms with E-state index >= 15 is 0 Å². The highest BCUT2D eigenvalue weighted by atomic mass is 16.5. The van der Waals surface area contributed by atoms with Crippen LogP contribution in [0.25, 0.3) is 0 Å². The molecule has 0 radical (unpaired) electrons. The lowest BCUT2D eigenvalue weighted by Crippen LogP contribution is -2.21. The summed E-state index contributed by atoms with van der Waals surface area (Å²) in [6.45, 7) is 8.79. The molecule has 2 heteroatoms. The molecule has 2 atom stereocenters. The molecule has 0 aromatic heterocycles. The van der Waals surface area contributed by atoms with Crippen LogP contribution in [-0.4, -0.2) is 12.6 Å². The Morgan fingerprint density at radius 3 is 2.67 bits per heavy atom. The van der Waals surface area contributed by atoms with E-state index < -0.39 is 0 Å². The predicted octanol–water partition coefficient (Wildman–Crippen LogP) is 3.32. The van der Waals surface area contributed by atoms with Gasteiger partial charge in [-0.1, -0.05) is 25.0 Å². The standard InChI is InChI=1S/C13H22O2/c1-5-9(3)11-8-7-10(4)12(11)13(14)15-6-2/h10,12H,5-8H2,1-4H3/b11-9+/t10-,12?/m1/s1. The van der Waals surface area contributed by atoms with Gasteiger partial charge in [0.1, 0.15) is 0 Å². The Bertz CT molecular complexity index is 266. The predicted molar refractivity (Wildman–Crippen MR) is 61.5 cm³/mol. The minimum Gasteiger partial charge on any atom is -0.466 e. The highest BCUT2D eigenvalue weighted by molar-refractivity contribution is 5.77. The van der Waals surface area contributed by atoms with E-state index in [4.69, 9.17) is 4.74 Å². The van der Waals surface area contributed by atoms with Crippen molar-refractivity contribution in [3.05, 3.63) is 11.1 Å². The second-order valence-corrected chi connectivity index (χ2v) is 4.40.